The molecule has 1 aliphatic rings. The topological polar surface area (TPSA) is 0 Å². The third-order valence-electron chi connectivity index (χ3n) is 4.12. The summed E-state index contributed by atoms with van der Waals surface area (Å²) in [7, 11) is 0. The Labute approximate surface area is 129 Å². The molecule has 0 radical (unpaired) electrons. The first-order valence-corrected chi connectivity index (χ1v) is 7.56. The summed E-state index contributed by atoms with van der Waals surface area (Å²) in [5.41, 5.74) is 1.03. The van der Waals surface area contributed by atoms with Gasteiger partial charge in [0.1, 0.15) is 5.83 Å². The fourth-order valence-electron chi connectivity index (χ4n) is 2.82. The molecule has 22 heavy (non-hydrogen) atoms. The highest BCUT2D eigenvalue weighted by Gasteiger charge is 2.37. The largest absolute Gasteiger partial charge is 0.226 e. The molecule has 2 heteroatoms. The van der Waals surface area contributed by atoms with Crippen molar-refractivity contribution in [3.63, 3.8) is 0 Å². The van der Waals surface area contributed by atoms with E-state index in [-0.39, 0.29) is 0 Å². The van der Waals surface area contributed by atoms with Crippen LogP contribution in [0.5, 0.6) is 0 Å². The van der Waals surface area contributed by atoms with Gasteiger partial charge >= 0.3 is 0 Å². The summed E-state index contributed by atoms with van der Waals surface area (Å²) in [6.45, 7) is 2.09. The first-order valence-electron chi connectivity index (χ1n) is 7.56. The molecule has 0 fully saturated rings. The second kappa shape index (κ2) is 5.88. The Bertz CT molecular complexity index is 726. The molecule has 3 rings (SSSR count). The molecule has 1 aliphatic carbocycles. The maximum Gasteiger partial charge on any atom is 0.205 e. The van der Waals surface area contributed by atoms with Gasteiger partial charge < -0.3 is 0 Å². The van der Waals surface area contributed by atoms with Crippen LogP contribution in [0.2, 0.25) is 0 Å². The molecule has 2 aromatic carbocycles. The lowest BCUT2D eigenvalue weighted by atomic mass is 9.85. The zero-order chi connectivity index (χ0) is 15.6. The predicted octanol–water partition coefficient (Wildman–Crippen LogP) is 5.89. The smallest absolute Gasteiger partial charge is 0.205 e. The molecule has 0 aromatic heterocycles. The molecular weight excluding hydrogens is 278 g/mol. The Kier molecular flexibility index (Phi) is 3.93. The second-order valence-corrected chi connectivity index (χ2v) is 5.50. The van der Waals surface area contributed by atoms with Gasteiger partial charge in [0.25, 0.3) is 0 Å². The first-order chi connectivity index (χ1) is 10.6. The molecule has 0 saturated carbocycles. The molecule has 0 amide bonds. The van der Waals surface area contributed by atoms with Crippen molar-refractivity contribution in [1.82, 2.24) is 0 Å². The van der Waals surface area contributed by atoms with Crippen LogP contribution in [0.3, 0.4) is 0 Å². The van der Waals surface area contributed by atoms with Gasteiger partial charge in [-0.25, -0.2) is 8.78 Å². The Morgan fingerprint density at radius 1 is 1.05 bits per heavy atom. The van der Waals surface area contributed by atoms with Crippen molar-refractivity contribution in [2.45, 2.75) is 25.4 Å². The number of rotatable bonds is 3. The molecule has 2 aromatic rings. The van der Waals surface area contributed by atoms with Crippen LogP contribution in [-0.2, 0) is 12.1 Å². The van der Waals surface area contributed by atoms with Crippen molar-refractivity contribution in [3.8, 4) is 11.1 Å². The molecular formula is C20H18F2. The van der Waals surface area contributed by atoms with Crippen LogP contribution in [0.15, 0.2) is 72.6 Å². The van der Waals surface area contributed by atoms with Crippen LogP contribution >= 0.6 is 0 Å². The third kappa shape index (κ3) is 2.50. The summed E-state index contributed by atoms with van der Waals surface area (Å²) in [5.74, 6) is -0.729. The summed E-state index contributed by atoms with van der Waals surface area (Å²) < 4.78 is 29.4. The van der Waals surface area contributed by atoms with E-state index in [9.17, 15) is 4.39 Å². The van der Waals surface area contributed by atoms with E-state index in [1.165, 1.54) is 17.7 Å². The summed E-state index contributed by atoms with van der Waals surface area (Å²) in [5, 5.41) is 0. The number of aryl methyl sites for hydroxylation is 1. The Balaban J connectivity index is 2.12. The molecule has 0 heterocycles. The van der Waals surface area contributed by atoms with Crippen LogP contribution in [0, 0.1) is 0 Å². The quantitative estimate of drug-likeness (QED) is 0.619. The first kappa shape index (κ1) is 14.7. The van der Waals surface area contributed by atoms with Gasteiger partial charge in [-0.2, -0.15) is 0 Å². The monoisotopic (exact) mass is 296 g/mol. The number of halogens is 2. The Morgan fingerprint density at radius 3 is 2.45 bits per heavy atom. The van der Waals surface area contributed by atoms with E-state index in [2.05, 4.69) is 6.92 Å². The fourth-order valence-corrected chi connectivity index (χ4v) is 2.82. The number of allylic oxidation sites excluding steroid dienone is 4. The molecule has 0 N–H and O–H groups in total. The SMILES string of the molecule is CCc1ccc(-c2ccccc2C2(F)C=CCC=C2F)cc1. The minimum absolute atomic E-state index is 0.351. The number of hydrogen-bond acceptors (Lipinski definition) is 0. The average Bonchev–Trinajstić information content (AvgIpc) is 2.58. The Hall–Kier alpha value is -2.22. The van der Waals surface area contributed by atoms with Crippen molar-refractivity contribution in [2.75, 3.05) is 0 Å². The van der Waals surface area contributed by atoms with E-state index < -0.39 is 11.5 Å². The van der Waals surface area contributed by atoms with Gasteiger partial charge in [0.05, 0.1) is 0 Å². The number of benzene rings is 2. The molecule has 0 aliphatic heterocycles. The van der Waals surface area contributed by atoms with E-state index in [0.29, 0.717) is 12.0 Å². The lowest BCUT2D eigenvalue weighted by molar-refractivity contribution is 0.235. The minimum atomic E-state index is -2.17. The van der Waals surface area contributed by atoms with Crippen molar-refractivity contribution in [2.24, 2.45) is 0 Å². The van der Waals surface area contributed by atoms with Gasteiger partial charge in [-0.05, 0) is 41.7 Å². The molecule has 0 nitrogen and oxygen atoms in total. The van der Waals surface area contributed by atoms with E-state index in [1.807, 2.05) is 36.4 Å². The summed E-state index contributed by atoms with van der Waals surface area (Å²) in [4.78, 5) is 0. The van der Waals surface area contributed by atoms with Gasteiger partial charge in [0.2, 0.25) is 5.67 Å². The van der Waals surface area contributed by atoms with Gasteiger partial charge in [-0.1, -0.05) is 61.5 Å². The fraction of sp³-hybridized carbons (Fsp3) is 0.200. The van der Waals surface area contributed by atoms with Crippen molar-refractivity contribution < 1.29 is 8.78 Å². The van der Waals surface area contributed by atoms with Crippen LogP contribution in [0.4, 0.5) is 8.78 Å². The third-order valence-corrected chi connectivity index (χ3v) is 4.12. The number of hydrogen-bond donors (Lipinski definition) is 0. The molecule has 0 spiro atoms. The molecule has 0 saturated heterocycles. The van der Waals surface area contributed by atoms with E-state index in [0.717, 1.165) is 17.5 Å². The lowest BCUT2D eigenvalue weighted by Gasteiger charge is -2.25. The average molecular weight is 296 g/mol. The van der Waals surface area contributed by atoms with Crippen LogP contribution in [-0.4, -0.2) is 0 Å². The van der Waals surface area contributed by atoms with Gasteiger partial charge in [-0.15, -0.1) is 0 Å². The standard InChI is InChI=1S/C20H18F2/c1-2-15-10-12-16(13-11-15)17-7-3-4-8-18(17)20(22)14-6-5-9-19(20)21/h3-4,6-14H,2,5H2,1H3. The van der Waals surface area contributed by atoms with Crippen molar-refractivity contribution in [3.05, 3.63) is 83.7 Å². The predicted molar refractivity (Wildman–Crippen MR) is 87.0 cm³/mol. The van der Waals surface area contributed by atoms with Crippen molar-refractivity contribution >= 4 is 0 Å². The van der Waals surface area contributed by atoms with E-state index in [4.69, 9.17) is 0 Å². The summed E-state index contributed by atoms with van der Waals surface area (Å²) in [6.07, 6.45) is 5.68. The summed E-state index contributed by atoms with van der Waals surface area (Å²) >= 11 is 0. The maximum atomic E-state index is 15.3. The van der Waals surface area contributed by atoms with Crippen LogP contribution in [0.25, 0.3) is 11.1 Å². The highest BCUT2D eigenvalue weighted by atomic mass is 19.2. The molecule has 0 bridgehead atoms. The highest BCUT2D eigenvalue weighted by Crippen LogP contribution is 2.43. The second-order valence-electron chi connectivity index (χ2n) is 5.50. The minimum Gasteiger partial charge on any atom is -0.226 e. The van der Waals surface area contributed by atoms with Gasteiger partial charge in [0, 0.05) is 5.56 Å². The zero-order valence-corrected chi connectivity index (χ0v) is 12.5. The maximum absolute atomic E-state index is 15.3. The zero-order valence-electron chi connectivity index (χ0n) is 12.5. The molecule has 112 valence electrons. The van der Waals surface area contributed by atoms with Gasteiger partial charge in [-0.3, -0.25) is 0 Å². The number of alkyl halides is 1. The lowest BCUT2D eigenvalue weighted by Crippen LogP contribution is -2.21. The summed E-state index contributed by atoms with van der Waals surface area (Å²) in [6, 6.07) is 15.1. The highest BCUT2D eigenvalue weighted by molar-refractivity contribution is 5.70. The van der Waals surface area contributed by atoms with E-state index in [1.54, 1.807) is 18.2 Å². The van der Waals surface area contributed by atoms with Crippen molar-refractivity contribution in [1.29, 1.82) is 0 Å². The van der Waals surface area contributed by atoms with Gasteiger partial charge in [0.15, 0.2) is 0 Å². The van der Waals surface area contributed by atoms with Crippen LogP contribution in [0.1, 0.15) is 24.5 Å². The van der Waals surface area contributed by atoms with Crippen LogP contribution < -0.4 is 0 Å². The normalized spacial score (nSPS) is 20.8. The Morgan fingerprint density at radius 2 is 1.77 bits per heavy atom. The molecule has 1 atom stereocenters. The van der Waals surface area contributed by atoms with E-state index >= 15 is 4.39 Å². The molecule has 1 unspecified atom stereocenters.